The van der Waals surface area contributed by atoms with Crippen LogP contribution in [-0.2, 0) is 0 Å². The number of ether oxygens (including phenoxy) is 1. The van der Waals surface area contributed by atoms with E-state index in [1.165, 1.54) is 0 Å². The summed E-state index contributed by atoms with van der Waals surface area (Å²) in [5, 5.41) is -0.450. The summed E-state index contributed by atoms with van der Waals surface area (Å²) in [6, 6.07) is 2.21. The molecular weight excluding hydrogens is 263 g/mol. The van der Waals surface area contributed by atoms with E-state index in [-0.39, 0.29) is 15.1 Å². The van der Waals surface area contributed by atoms with Crippen LogP contribution in [0.25, 0.3) is 0 Å². The summed E-state index contributed by atoms with van der Waals surface area (Å²) in [5.41, 5.74) is 0. The standard InChI is InChI=1S/C7H2Cl3F3O/c8-3-1-4(9)6(5(10)2-3)14-7(11,12)13/h1-2H. The molecule has 0 aliphatic rings. The van der Waals surface area contributed by atoms with E-state index in [1.54, 1.807) is 0 Å². The molecule has 0 saturated heterocycles. The molecule has 0 bridgehead atoms. The SMILES string of the molecule is FC(F)(F)Oc1c(Cl)cc(Cl)cc1Cl. The van der Waals surface area contributed by atoms with E-state index in [4.69, 9.17) is 34.8 Å². The molecule has 0 amide bonds. The fraction of sp³-hybridized carbons (Fsp3) is 0.143. The fourth-order valence-electron chi connectivity index (χ4n) is 0.742. The molecule has 0 heterocycles. The van der Waals surface area contributed by atoms with Crippen LogP contribution in [0.15, 0.2) is 12.1 Å². The molecule has 0 radical (unpaired) electrons. The van der Waals surface area contributed by atoms with Gasteiger partial charge in [0, 0.05) is 5.02 Å². The van der Waals surface area contributed by atoms with Crippen molar-refractivity contribution in [1.29, 1.82) is 0 Å². The van der Waals surface area contributed by atoms with Crippen molar-refractivity contribution >= 4 is 34.8 Å². The first-order chi connectivity index (χ1) is 6.29. The van der Waals surface area contributed by atoms with E-state index in [1.807, 2.05) is 0 Å². The Bertz CT molecular complexity index is 328. The predicted octanol–water partition coefficient (Wildman–Crippen LogP) is 4.55. The van der Waals surface area contributed by atoms with Crippen LogP contribution in [0.1, 0.15) is 0 Å². The highest BCUT2D eigenvalue weighted by atomic mass is 35.5. The van der Waals surface area contributed by atoms with Crippen LogP contribution >= 0.6 is 34.8 Å². The molecular formula is C7H2Cl3F3O. The van der Waals surface area contributed by atoms with Crippen LogP contribution in [0.5, 0.6) is 5.75 Å². The topological polar surface area (TPSA) is 9.23 Å². The number of benzene rings is 1. The minimum Gasteiger partial charge on any atom is -0.403 e. The molecule has 0 atom stereocenters. The Kier molecular flexibility index (Phi) is 3.40. The van der Waals surface area contributed by atoms with Crippen LogP contribution in [0, 0.1) is 0 Å². The quantitative estimate of drug-likeness (QED) is 0.724. The zero-order chi connectivity index (χ0) is 10.9. The lowest BCUT2D eigenvalue weighted by molar-refractivity contribution is -0.274. The van der Waals surface area contributed by atoms with Crippen molar-refractivity contribution in [2.24, 2.45) is 0 Å². The molecule has 14 heavy (non-hydrogen) atoms. The van der Waals surface area contributed by atoms with Crippen molar-refractivity contribution in [3.63, 3.8) is 0 Å². The molecule has 0 aliphatic carbocycles. The highest BCUT2D eigenvalue weighted by Gasteiger charge is 2.33. The largest absolute Gasteiger partial charge is 0.573 e. The van der Waals surface area contributed by atoms with E-state index in [9.17, 15) is 13.2 Å². The summed E-state index contributed by atoms with van der Waals surface area (Å²) in [4.78, 5) is 0. The Hall–Kier alpha value is -0.320. The van der Waals surface area contributed by atoms with E-state index < -0.39 is 12.1 Å². The molecule has 1 nitrogen and oxygen atoms in total. The zero-order valence-electron chi connectivity index (χ0n) is 6.33. The Morgan fingerprint density at radius 1 is 1.00 bits per heavy atom. The number of rotatable bonds is 1. The van der Waals surface area contributed by atoms with Gasteiger partial charge in [-0.2, -0.15) is 0 Å². The summed E-state index contributed by atoms with van der Waals surface area (Å²) in [5.74, 6) is -0.648. The van der Waals surface area contributed by atoms with Crippen molar-refractivity contribution in [1.82, 2.24) is 0 Å². The maximum atomic E-state index is 11.8. The van der Waals surface area contributed by atoms with Gasteiger partial charge in [0.2, 0.25) is 0 Å². The Morgan fingerprint density at radius 2 is 1.43 bits per heavy atom. The van der Waals surface area contributed by atoms with Gasteiger partial charge in [0.15, 0.2) is 5.75 Å². The summed E-state index contributed by atoms with van der Waals surface area (Å²) in [6.45, 7) is 0. The van der Waals surface area contributed by atoms with Gasteiger partial charge in [-0.3, -0.25) is 0 Å². The maximum Gasteiger partial charge on any atom is 0.573 e. The first-order valence-electron chi connectivity index (χ1n) is 3.20. The minimum absolute atomic E-state index is 0.134. The van der Waals surface area contributed by atoms with Crippen molar-refractivity contribution in [3.8, 4) is 5.75 Å². The van der Waals surface area contributed by atoms with E-state index in [0.29, 0.717) is 0 Å². The smallest absolute Gasteiger partial charge is 0.403 e. The van der Waals surface area contributed by atoms with Gasteiger partial charge in [0.05, 0.1) is 10.0 Å². The van der Waals surface area contributed by atoms with Gasteiger partial charge in [0.1, 0.15) is 0 Å². The molecule has 0 spiro atoms. The van der Waals surface area contributed by atoms with E-state index >= 15 is 0 Å². The zero-order valence-corrected chi connectivity index (χ0v) is 8.60. The molecule has 0 aromatic heterocycles. The van der Waals surface area contributed by atoms with Crippen molar-refractivity contribution in [2.75, 3.05) is 0 Å². The third kappa shape index (κ3) is 3.12. The normalized spacial score (nSPS) is 11.6. The lowest BCUT2D eigenvalue weighted by Crippen LogP contribution is -2.17. The predicted molar refractivity (Wildman–Crippen MR) is 48.2 cm³/mol. The summed E-state index contributed by atoms with van der Waals surface area (Å²) in [7, 11) is 0. The Morgan fingerprint density at radius 3 is 1.79 bits per heavy atom. The van der Waals surface area contributed by atoms with Gasteiger partial charge in [0.25, 0.3) is 0 Å². The Labute approximate surface area is 92.3 Å². The van der Waals surface area contributed by atoms with Crippen molar-refractivity contribution in [2.45, 2.75) is 6.36 Å². The molecule has 1 rings (SSSR count). The summed E-state index contributed by atoms with van der Waals surface area (Å²) < 4.78 is 39.1. The highest BCUT2D eigenvalue weighted by Crippen LogP contribution is 2.38. The van der Waals surface area contributed by atoms with E-state index in [2.05, 4.69) is 4.74 Å². The second-order valence-corrected chi connectivity index (χ2v) is 3.50. The highest BCUT2D eigenvalue weighted by molar-refractivity contribution is 6.40. The van der Waals surface area contributed by atoms with Crippen LogP contribution in [0.2, 0.25) is 15.1 Å². The monoisotopic (exact) mass is 264 g/mol. The molecule has 0 fully saturated rings. The molecule has 1 aromatic carbocycles. The maximum absolute atomic E-state index is 11.8. The van der Waals surface area contributed by atoms with Crippen molar-refractivity contribution in [3.05, 3.63) is 27.2 Å². The molecule has 0 aliphatic heterocycles. The van der Waals surface area contributed by atoms with Gasteiger partial charge < -0.3 is 4.74 Å². The Balaban J connectivity index is 3.09. The number of alkyl halides is 3. The fourth-order valence-corrected chi connectivity index (χ4v) is 1.64. The lowest BCUT2D eigenvalue weighted by atomic mass is 10.3. The summed E-state index contributed by atoms with van der Waals surface area (Å²) >= 11 is 16.4. The summed E-state index contributed by atoms with van der Waals surface area (Å²) in [6.07, 6.45) is -4.83. The molecule has 7 heteroatoms. The van der Waals surface area contributed by atoms with Crippen LogP contribution in [-0.4, -0.2) is 6.36 Å². The second-order valence-electron chi connectivity index (χ2n) is 2.25. The second kappa shape index (κ2) is 4.04. The van der Waals surface area contributed by atoms with Gasteiger partial charge in [-0.25, -0.2) is 0 Å². The molecule has 0 N–H and O–H groups in total. The average Bonchev–Trinajstić information content (AvgIpc) is 1.95. The lowest BCUT2D eigenvalue weighted by Gasteiger charge is -2.11. The molecule has 1 aromatic rings. The van der Waals surface area contributed by atoms with E-state index in [0.717, 1.165) is 12.1 Å². The number of hydrogen-bond acceptors (Lipinski definition) is 1. The van der Waals surface area contributed by atoms with Gasteiger partial charge in [-0.15, -0.1) is 13.2 Å². The molecule has 0 unspecified atom stereocenters. The first kappa shape index (κ1) is 11.8. The molecule has 78 valence electrons. The van der Waals surface area contributed by atoms with Crippen LogP contribution in [0.4, 0.5) is 13.2 Å². The number of halogens is 6. The van der Waals surface area contributed by atoms with Gasteiger partial charge in [-0.1, -0.05) is 34.8 Å². The third-order valence-electron chi connectivity index (χ3n) is 1.18. The van der Waals surface area contributed by atoms with Crippen LogP contribution < -0.4 is 4.74 Å². The number of hydrogen-bond donors (Lipinski definition) is 0. The minimum atomic E-state index is -4.83. The van der Waals surface area contributed by atoms with Gasteiger partial charge in [-0.05, 0) is 12.1 Å². The molecule has 0 saturated carbocycles. The first-order valence-corrected chi connectivity index (χ1v) is 4.33. The van der Waals surface area contributed by atoms with Crippen molar-refractivity contribution < 1.29 is 17.9 Å². The average molecular weight is 265 g/mol. The van der Waals surface area contributed by atoms with Crippen LogP contribution in [0.3, 0.4) is 0 Å². The van der Waals surface area contributed by atoms with Gasteiger partial charge >= 0.3 is 6.36 Å². The third-order valence-corrected chi connectivity index (χ3v) is 1.96.